The van der Waals surface area contributed by atoms with Crippen molar-refractivity contribution in [3.8, 4) is 0 Å². The second kappa shape index (κ2) is 2.52. The highest BCUT2D eigenvalue weighted by molar-refractivity contribution is 7.81. The van der Waals surface area contributed by atoms with Gasteiger partial charge in [0, 0.05) is 0 Å². The van der Waals surface area contributed by atoms with Crippen molar-refractivity contribution in [2.45, 2.75) is 4.93 Å². The minimum Gasteiger partial charge on any atom is -0.392 e. The van der Waals surface area contributed by atoms with E-state index in [1.165, 1.54) is 0 Å². The first kappa shape index (κ1) is 7.23. The van der Waals surface area contributed by atoms with E-state index in [1.807, 2.05) is 0 Å². The number of hydrogen-bond acceptors (Lipinski definition) is 4. The van der Waals surface area contributed by atoms with E-state index in [1.54, 1.807) is 0 Å². The lowest BCUT2D eigenvalue weighted by molar-refractivity contribution is 0.0188. The summed E-state index contributed by atoms with van der Waals surface area (Å²) in [4.78, 5) is -1.61. The molecule has 0 aromatic rings. The molecule has 0 saturated carbocycles. The lowest BCUT2D eigenvalue weighted by Gasteiger charge is -2.13. The van der Waals surface area contributed by atoms with Gasteiger partial charge in [0.05, 0.1) is 13.2 Å². The predicted octanol–water partition coefficient (Wildman–Crippen LogP) is -1.41. The molecule has 0 saturated heterocycles. The van der Waals surface area contributed by atoms with Crippen LogP contribution >= 0.6 is 12.6 Å². The molecule has 0 aromatic heterocycles. The molecular formula is C3H8O3S. The van der Waals surface area contributed by atoms with E-state index < -0.39 is 18.1 Å². The van der Waals surface area contributed by atoms with Gasteiger partial charge in [-0.3, -0.25) is 0 Å². The standard InChI is InChI=1S/C3H8O3S/c4-1-3(6,7)2-5/h4-7H,1-2H2. The van der Waals surface area contributed by atoms with Crippen LogP contribution in [0.1, 0.15) is 0 Å². The number of thiol groups is 1. The van der Waals surface area contributed by atoms with Gasteiger partial charge in [-0.25, -0.2) is 0 Å². The molecule has 0 radical (unpaired) electrons. The summed E-state index contributed by atoms with van der Waals surface area (Å²) in [6.07, 6.45) is 0. The molecule has 4 heteroatoms. The van der Waals surface area contributed by atoms with E-state index in [9.17, 15) is 0 Å². The Labute approximate surface area is 47.0 Å². The highest BCUT2D eigenvalue weighted by Crippen LogP contribution is 2.04. The van der Waals surface area contributed by atoms with Crippen molar-refractivity contribution in [3.63, 3.8) is 0 Å². The Balaban J connectivity index is 3.36. The first-order chi connectivity index (χ1) is 3.12. The Morgan fingerprint density at radius 2 is 1.57 bits per heavy atom. The predicted molar refractivity (Wildman–Crippen MR) is 28.1 cm³/mol. The molecule has 0 fully saturated rings. The largest absolute Gasteiger partial charge is 0.392 e. The summed E-state index contributed by atoms with van der Waals surface area (Å²) >= 11 is 3.44. The molecule has 3 nitrogen and oxygen atoms in total. The number of aliphatic hydroxyl groups excluding tert-OH is 2. The Morgan fingerprint density at radius 1 is 1.29 bits per heavy atom. The number of aliphatic hydroxyl groups is 3. The molecule has 3 N–H and O–H groups in total. The highest BCUT2D eigenvalue weighted by Gasteiger charge is 2.17. The summed E-state index contributed by atoms with van der Waals surface area (Å²) < 4.78 is 0. The van der Waals surface area contributed by atoms with Gasteiger partial charge in [-0.05, 0) is 0 Å². The van der Waals surface area contributed by atoms with Crippen LogP contribution in [0.4, 0.5) is 0 Å². The van der Waals surface area contributed by atoms with Gasteiger partial charge in [-0.2, -0.15) is 0 Å². The molecular weight excluding hydrogens is 116 g/mol. The van der Waals surface area contributed by atoms with Crippen molar-refractivity contribution < 1.29 is 15.3 Å². The van der Waals surface area contributed by atoms with Crippen molar-refractivity contribution in [2.75, 3.05) is 13.2 Å². The van der Waals surface area contributed by atoms with Gasteiger partial charge in [-0.1, -0.05) is 0 Å². The topological polar surface area (TPSA) is 60.7 Å². The summed E-state index contributed by atoms with van der Waals surface area (Å²) in [5.41, 5.74) is 0. The summed E-state index contributed by atoms with van der Waals surface area (Å²) in [6, 6.07) is 0. The molecule has 0 amide bonds. The fourth-order valence-electron chi connectivity index (χ4n) is 0.0500. The number of rotatable bonds is 2. The Hall–Kier alpha value is 0.230. The lowest BCUT2D eigenvalue weighted by Crippen LogP contribution is -2.30. The van der Waals surface area contributed by atoms with Gasteiger partial charge in [0.1, 0.15) is 0 Å². The lowest BCUT2D eigenvalue weighted by atomic mass is 10.4. The van der Waals surface area contributed by atoms with E-state index in [0.717, 1.165) is 0 Å². The molecule has 7 heavy (non-hydrogen) atoms. The smallest absolute Gasteiger partial charge is 0.153 e. The first-order valence-corrected chi connectivity index (χ1v) is 2.23. The SMILES string of the molecule is OCC(O)(S)CO. The van der Waals surface area contributed by atoms with Gasteiger partial charge in [0.15, 0.2) is 4.93 Å². The van der Waals surface area contributed by atoms with E-state index in [-0.39, 0.29) is 0 Å². The third kappa shape index (κ3) is 2.87. The van der Waals surface area contributed by atoms with Crippen LogP contribution in [0.5, 0.6) is 0 Å². The molecule has 0 bridgehead atoms. The molecule has 0 spiro atoms. The van der Waals surface area contributed by atoms with Gasteiger partial charge in [0.25, 0.3) is 0 Å². The zero-order chi connectivity index (χ0) is 5.91. The van der Waals surface area contributed by atoms with E-state index in [0.29, 0.717) is 0 Å². The van der Waals surface area contributed by atoms with Gasteiger partial charge in [-0.15, -0.1) is 12.6 Å². The third-order valence-corrected chi connectivity index (χ3v) is 0.789. The minimum absolute atomic E-state index is 0.535. The van der Waals surface area contributed by atoms with Crippen LogP contribution in [0.25, 0.3) is 0 Å². The van der Waals surface area contributed by atoms with Crippen LogP contribution in [-0.4, -0.2) is 33.5 Å². The summed E-state index contributed by atoms with van der Waals surface area (Å²) in [6.45, 7) is -1.07. The van der Waals surface area contributed by atoms with Crippen molar-refractivity contribution in [3.05, 3.63) is 0 Å². The fourth-order valence-corrected chi connectivity index (χ4v) is 0.0500. The monoisotopic (exact) mass is 124 g/mol. The van der Waals surface area contributed by atoms with Gasteiger partial charge < -0.3 is 15.3 Å². The average molecular weight is 124 g/mol. The van der Waals surface area contributed by atoms with Crippen molar-refractivity contribution in [1.82, 2.24) is 0 Å². The van der Waals surface area contributed by atoms with Crippen LogP contribution in [-0.2, 0) is 0 Å². The van der Waals surface area contributed by atoms with Crippen LogP contribution in [0, 0.1) is 0 Å². The third-order valence-electron chi connectivity index (χ3n) is 0.506. The molecule has 0 aliphatic carbocycles. The quantitative estimate of drug-likeness (QED) is 0.270. The number of hydrogen-bond donors (Lipinski definition) is 4. The van der Waals surface area contributed by atoms with Crippen molar-refractivity contribution >= 4 is 12.6 Å². The second-order valence-corrected chi connectivity index (χ2v) is 2.13. The Bertz CT molecular complexity index is 48.1. The van der Waals surface area contributed by atoms with Crippen LogP contribution in [0.15, 0.2) is 0 Å². The average Bonchev–Trinajstić information content (AvgIpc) is 1.68. The normalized spacial score (nSPS) is 12.0. The maximum Gasteiger partial charge on any atom is 0.153 e. The minimum atomic E-state index is -1.61. The highest BCUT2D eigenvalue weighted by atomic mass is 32.1. The first-order valence-electron chi connectivity index (χ1n) is 1.79. The zero-order valence-corrected chi connectivity index (χ0v) is 4.60. The molecule has 0 heterocycles. The molecule has 0 rings (SSSR count). The van der Waals surface area contributed by atoms with Gasteiger partial charge in [0.2, 0.25) is 0 Å². The molecule has 0 aliphatic heterocycles. The fraction of sp³-hybridized carbons (Fsp3) is 1.00. The molecule has 0 atom stereocenters. The summed E-state index contributed by atoms with van der Waals surface area (Å²) in [5.74, 6) is 0. The summed E-state index contributed by atoms with van der Waals surface area (Å²) in [5, 5.41) is 24.7. The van der Waals surface area contributed by atoms with E-state index in [2.05, 4.69) is 12.6 Å². The molecule has 0 unspecified atom stereocenters. The molecule has 0 aliphatic rings. The Kier molecular flexibility index (Phi) is 2.60. The van der Waals surface area contributed by atoms with Gasteiger partial charge >= 0.3 is 0 Å². The van der Waals surface area contributed by atoms with Crippen LogP contribution in [0.2, 0.25) is 0 Å². The van der Waals surface area contributed by atoms with Crippen LogP contribution in [0.3, 0.4) is 0 Å². The molecule has 0 aromatic carbocycles. The zero-order valence-electron chi connectivity index (χ0n) is 3.70. The van der Waals surface area contributed by atoms with Crippen LogP contribution < -0.4 is 0 Å². The maximum absolute atomic E-state index is 8.50. The van der Waals surface area contributed by atoms with E-state index >= 15 is 0 Å². The maximum atomic E-state index is 8.50. The van der Waals surface area contributed by atoms with Crippen molar-refractivity contribution in [1.29, 1.82) is 0 Å². The Morgan fingerprint density at radius 3 is 1.57 bits per heavy atom. The molecule has 44 valence electrons. The second-order valence-electron chi connectivity index (χ2n) is 1.30. The summed E-state index contributed by atoms with van der Waals surface area (Å²) in [7, 11) is 0. The van der Waals surface area contributed by atoms with Crippen molar-refractivity contribution in [2.24, 2.45) is 0 Å². The van der Waals surface area contributed by atoms with E-state index in [4.69, 9.17) is 15.3 Å².